The molecule has 0 aliphatic heterocycles. The first-order valence-electron chi connectivity index (χ1n) is 10.4. The molecule has 0 aliphatic carbocycles. The summed E-state index contributed by atoms with van der Waals surface area (Å²) in [5.41, 5.74) is 1.78. The zero-order chi connectivity index (χ0) is 23.8. The Kier molecular flexibility index (Phi) is 5.49. The van der Waals surface area contributed by atoms with Crippen molar-refractivity contribution in [1.82, 2.24) is 14.4 Å². The normalized spacial score (nSPS) is 11.3. The van der Waals surface area contributed by atoms with Crippen molar-refractivity contribution >= 4 is 5.65 Å². The number of fused-ring (bicyclic) bond motifs is 1. The zero-order valence-electron chi connectivity index (χ0n) is 17.6. The van der Waals surface area contributed by atoms with Crippen molar-refractivity contribution in [2.75, 3.05) is 0 Å². The van der Waals surface area contributed by atoms with Gasteiger partial charge in [0.05, 0.1) is 11.4 Å². The maximum Gasteiger partial charge on any atom is 0.219 e. The number of aromatic nitrogens is 3. The van der Waals surface area contributed by atoms with Crippen LogP contribution in [0.1, 0.15) is 22.5 Å². The van der Waals surface area contributed by atoms with Crippen molar-refractivity contribution < 1.29 is 22.7 Å². The molecule has 5 rings (SSSR count). The molecule has 0 bridgehead atoms. The van der Waals surface area contributed by atoms with Gasteiger partial charge in [-0.15, -0.1) is 0 Å². The molecule has 2 heterocycles. The Bertz CT molecular complexity index is 1510. The van der Waals surface area contributed by atoms with Crippen molar-refractivity contribution in [3.8, 4) is 17.1 Å². The van der Waals surface area contributed by atoms with E-state index in [1.807, 2.05) is 0 Å². The van der Waals surface area contributed by atoms with Crippen LogP contribution in [0.5, 0.6) is 5.88 Å². The van der Waals surface area contributed by atoms with Gasteiger partial charge in [0, 0.05) is 24.6 Å². The molecule has 1 N–H and O–H groups in total. The monoisotopic (exact) mass is 463 g/mol. The summed E-state index contributed by atoms with van der Waals surface area (Å²) in [7, 11) is 0. The van der Waals surface area contributed by atoms with Crippen molar-refractivity contribution in [2.24, 2.45) is 0 Å². The number of rotatable bonds is 5. The van der Waals surface area contributed by atoms with Crippen LogP contribution in [0.15, 0.2) is 72.9 Å². The van der Waals surface area contributed by atoms with Gasteiger partial charge < -0.3 is 5.11 Å². The zero-order valence-corrected chi connectivity index (χ0v) is 17.6. The smallest absolute Gasteiger partial charge is 0.219 e. The number of aromatic hydroxyl groups is 1. The fraction of sp³-hybridized carbons (Fsp3) is 0.0769. The summed E-state index contributed by atoms with van der Waals surface area (Å²) in [4.78, 5) is 8.96. The highest BCUT2D eigenvalue weighted by Crippen LogP contribution is 2.30. The SMILES string of the molecule is Oc1c(Cc2ccc(F)cc2)nc2c(Cc3ccccc3F)nc(-c3cccc(F)c3F)cn12. The Morgan fingerprint density at radius 2 is 1.47 bits per heavy atom. The van der Waals surface area contributed by atoms with Gasteiger partial charge in [-0.25, -0.2) is 27.5 Å². The second-order valence-corrected chi connectivity index (χ2v) is 7.82. The number of hydrogen-bond acceptors (Lipinski definition) is 3. The van der Waals surface area contributed by atoms with Gasteiger partial charge in [-0.3, -0.25) is 4.40 Å². The minimum atomic E-state index is -1.09. The second kappa shape index (κ2) is 8.62. The molecule has 0 aliphatic rings. The van der Waals surface area contributed by atoms with Crippen molar-refractivity contribution in [2.45, 2.75) is 12.8 Å². The van der Waals surface area contributed by atoms with Crippen molar-refractivity contribution in [1.29, 1.82) is 0 Å². The molecule has 2 aromatic heterocycles. The summed E-state index contributed by atoms with van der Waals surface area (Å²) in [5, 5.41) is 10.9. The van der Waals surface area contributed by atoms with Crippen LogP contribution in [0.25, 0.3) is 16.9 Å². The van der Waals surface area contributed by atoms with E-state index in [1.54, 1.807) is 30.3 Å². The van der Waals surface area contributed by atoms with Crippen LogP contribution in [0.3, 0.4) is 0 Å². The molecule has 34 heavy (non-hydrogen) atoms. The van der Waals surface area contributed by atoms with Crippen molar-refractivity contribution in [3.63, 3.8) is 0 Å². The Labute approximate surface area is 191 Å². The van der Waals surface area contributed by atoms with Crippen LogP contribution in [-0.2, 0) is 12.8 Å². The Morgan fingerprint density at radius 3 is 2.24 bits per heavy atom. The van der Waals surface area contributed by atoms with E-state index in [1.165, 1.54) is 40.9 Å². The number of benzene rings is 3. The van der Waals surface area contributed by atoms with Gasteiger partial charge in [0.1, 0.15) is 17.3 Å². The Hall–Kier alpha value is -4.20. The molecule has 0 fully saturated rings. The van der Waals surface area contributed by atoms with Crippen LogP contribution in [0.2, 0.25) is 0 Å². The summed E-state index contributed by atoms with van der Waals surface area (Å²) in [5.74, 6) is -3.19. The predicted molar refractivity (Wildman–Crippen MR) is 118 cm³/mol. The van der Waals surface area contributed by atoms with Crippen LogP contribution in [-0.4, -0.2) is 19.5 Å². The lowest BCUT2D eigenvalue weighted by atomic mass is 10.1. The lowest BCUT2D eigenvalue weighted by Gasteiger charge is -2.10. The Balaban J connectivity index is 1.68. The first kappa shape index (κ1) is 21.6. The van der Waals surface area contributed by atoms with E-state index in [0.29, 0.717) is 11.1 Å². The molecule has 8 heteroatoms. The van der Waals surface area contributed by atoms with Crippen molar-refractivity contribution in [3.05, 3.63) is 119 Å². The third-order valence-electron chi connectivity index (χ3n) is 5.55. The standard InChI is InChI=1S/C26H17F4N3O/c27-17-10-8-15(9-11-17)12-22-26(34)33-14-23(18-5-3-7-20(29)24(18)30)31-21(25(33)32-22)13-16-4-1-2-6-19(16)28/h1-11,14,34H,12-13H2. The summed E-state index contributed by atoms with van der Waals surface area (Å²) in [6.45, 7) is 0. The van der Waals surface area contributed by atoms with Gasteiger partial charge in [0.25, 0.3) is 0 Å². The molecular weight excluding hydrogens is 446 g/mol. The van der Waals surface area contributed by atoms with E-state index in [2.05, 4.69) is 9.97 Å². The maximum absolute atomic E-state index is 14.5. The van der Waals surface area contributed by atoms with Gasteiger partial charge in [-0.1, -0.05) is 36.4 Å². The number of hydrogen-bond donors (Lipinski definition) is 1. The molecule has 0 spiro atoms. The first-order chi connectivity index (χ1) is 16.4. The highest BCUT2D eigenvalue weighted by atomic mass is 19.2. The molecule has 0 saturated heterocycles. The lowest BCUT2D eigenvalue weighted by Crippen LogP contribution is -2.03. The molecule has 0 radical (unpaired) electrons. The summed E-state index contributed by atoms with van der Waals surface area (Å²) in [6, 6.07) is 15.6. The van der Waals surface area contributed by atoms with Gasteiger partial charge >= 0.3 is 0 Å². The van der Waals surface area contributed by atoms with Gasteiger partial charge in [-0.2, -0.15) is 0 Å². The third kappa shape index (κ3) is 3.98. The molecule has 4 nitrogen and oxygen atoms in total. The molecule has 0 atom stereocenters. The van der Waals surface area contributed by atoms with Gasteiger partial charge in [0.15, 0.2) is 17.3 Å². The highest BCUT2D eigenvalue weighted by Gasteiger charge is 2.20. The van der Waals surface area contributed by atoms with E-state index in [0.717, 1.165) is 6.07 Å². The average molecular weight is 463 g/mol. The number of halogens is 4. The highest BCUT2D eigenvalue weighted by molar-refractivity contribution is 5.64. The third-order valence-corrected chi connectivity index (χ3v) is 5.55. The van der Waals surface area contributed by atoms with Crippen LogP contribution in [0.4, 0.5) is 17.6 Å². The molecule has 0 amide bonds. The molecule has 0 saturated carbocycles. The van der Waals surface area contributed by atoms with E-state index < -0.39 is 17.5 Å². The maximum atomic E-state index is 14.5. The Morgan fingerprint density at radius 1 is 0.735 bits per heavy atom. The van der Waals surface area contributed by atoms with Crippen LogP contribution >= 0.6 is 0 Å². The number of nitrogens with zero attached hydrogens (tertiary/aromatic N) is 3. The molecule has 3 aromatic carbocycles. The minimum absolute atomic E-state index is 0.00733. The summed E-state index contributed by atoms with van der Waals surface area (Å²) >= 11 is 0. The van der Waals surface area contributed by atoms with Crippen LogP contribution < -0.4 is 0 Å². The largest absolute Gasteiger partial charge is 0.493 e. The second-order valence-electron chi connectivity index (χ2n) is 7.82. The fourth-order valence-electron chi connectivity index (χ4n) is 3.83. The molecular formula is C26H17F4N3O. The molecule has 5 aromatic rings. The topological polar surface area (TPSA) is 50.4 Å². The quantitative estimate of drug-likeness (QED) is 0.333. The van der Waals surface area contributed by atoms with E-state index in [4.69, 9.17) is 0 Å². The average Bonchev–Trinajstić information content (AvgIpc) is 3.14. The predicted octanol–water partition coefficient (Wildman–Crippen LogP) is 5.84. The summed E-state index contributed by atoms with van der Waals surface area (Å²) < 4.78 is 57.4. The van der Waals surface area contributed by atoms with E-state index >= 15 is 0 Å². The molecule has 0 unspecified atom stereocenters. The first-order valence-corrected chi connectivity index (χ1v) is 10.4. The van der Waals surface area contributed by atoms with Crippen LogP contribution in [0, 0.1) is 23.3 Å². The van der Waals surface area contributed by atoms with E-state index in [-0.39, 0.29) is 52.8 Å². The minimum Gasteiger partial charge on any atom is -0.493 e. The molecule has 170 valence electrons. The number of imidazole rings is 1. The van der Waals surface area contributed by atoms with E-state index in [9.17, 15) is 22.7 Å². The van der Waals surface area contributed by atoms with Gasteiger partial charge in [0.2, 0.25) is 5.88 Å². The fourth-order valence-corrected chi connectivity index (χ4v) is 3.83. The summed E-state index contributed by atoms with van der Waals surface area (Å²) in [6.07, 6.45) is 1.55. The lowest BCUT2D eigenvalue weighted by molar-refractivity contribution is 0.442. The van der Waals surface area contributed by atoms with Gasteiger partial charge in [-0.05, 0) is 41.5 Å².